The predicted molar refractivity (Wildman–Crippen MR) is 135 cm³/mol. The second kappa shape index (κ2) is 11.0. The zero-order valence-electron chi connectivity index (χ0n) is 18.4. The highest BCUT2D eigenvalue weighted by Crippen LogP contribution is 2.35. The van der Waals surface area contributed by atoms with Crippen LogP contribution in [0.5, 0.6) is 11.5 Å². The summed E-state index contributed by atoms with van der Waals surface area (Å²) < 4.78 is 12.1. The van der Waals surface area contributed by atoms with Crippen LogP contribution in [0.4, 0.5) is 5.69 Å². The van der Waals surface area contributed by atoms with E-state index in [1.54, 1.807) is 37.3 Å². The van der Waals surface area contributed by atoms with E-state index in [1.165, 1.54) is 13.2 Å². The van der Waals surface area contributed by atoms with Crippen molar-refractivity contribution >= 4 is 45.2 Å². The summed E-state index contributed by atoms with van der Waals surface area (Å²) in [6, 6.07) is 18.7. The van der Waals surface area contributed by atoms with Gasteiger partial charge in [-0.3, -0.25) is 4.79 Å². The Kier molecular flexibility index (Phi) is 8.16. The lowest BCUT2D eigenvalue weighted by Crippen LogP contribution is -2.14. The Morgan fingerprint density at radius 1 is 1.15 bits per heavy atom. The number of benzene rings is 3. The van der Waals surface area contributed by atoms with Gasteiger partial charge in [-0.25, -0.2) is 0 Å². The topological polar surface area (TPSA) is 71.3 Å². The van der Waals surface area contributed by atoms with Crippen molar-refractivity contribution in [1.82, 2.24) is 0 Å². The number of carbonyl (C=O) groups excluding carboxylic acids is 1. The van der Waals surface area contributed by atoms with Crippen LogP contribution in [-0.2, 0) is 11.4 Å². The molecule has 0 aliphatic rings. The van der Waals surface area contributed by atoms with Crippen LogP contribution >= 0.6 is 27.5 Å². The van der Waals surface area contributed by atoms with E-state index >= 15 is 0 Å². The number of halogens is 2. The lowest BCUT2D eigenvalue weighted by Gasteiger charge is -2.13. The molecule has 3 rings (SSSR count). The molecule has 0 heterocycles. The first-order valence-corrected chi connectivity index (χ1v) is 11.2. The van der Waals surface area contributed by atoms with Gasteiger partial charge in [0.2, 0.25) is 0 Å². The van der Waals surface area contributed by atoms with Gasteiger partial charge in [-0.05, 0) is 60.9 Å². The molecular formula is C26H22BrClN2O3. The van der Waals surface area contributed by atoms with Crippen LogP contribution in [0, 0.1) is 25.2 Å². The maximum absolute atomic E-state index is 12.7. The maximum Gasteiger partial charge on any atom is 0.266 e. The number of hydrogen-bond acceptors (Lipinski definition) is 4. The van der Waals surface area contributed by atoms with Crippen molar-refractivity contribution in [1.29, 1.82) is 5.26 Å². The van der Waals surface area contributed by atoms with Gasteiger partial charge < -0.3 is 14.8 Å². The number of nitrogens with one attached hydrogen (secondary N) is 1. The fourth-order valence-corrected chi connectivity index (χ4v) is 3.74. The molecule has 0 unspecified atom stereocenters. The average Bonchev–Trinajstić information content (AvgIpc) is 2.80. The van der Waals surface area contributed by atoms with Crippen LogP contribution in [0.25, 0.3) is 6.08 Å². The summed E-state index contributed by atoms with van der Waals surface area (Å²) in [5, 5.41) is 12.9. The van der Waals surface area contributed by atoms with Crippen molar-refractivity contribution in [2.75, 3.05) is 12.4 Å². The van der Waals surface area contributed by atoms with Crippen LogP contribution < -0.4 is 14.8 Å². The molecule has 0 radical (unpaired) electrons. The first-order chi connectivity index (χ1) is 15.8. The van der Waals surface area contributed by atoms with Crippen molar-refractivity contribution in [3.63, 3.8) is 0 Å². The molecule has 168 valence electrons. The van der Waals surface area contributed by atoms with E-state index in [9.17, 15) is 10.1 Å². The monoisotopic (exact) mass is 524 g/mol. The molecule has 1 N–H and O–H groups in total. The first-order valence-electron chi connectivity index (χ1n) is 10.1. The first kappa shape index (κ1) is 24.4. The molecule has 0 aromatic heterocycles. The van der Waals surface area contributed by atoms with E-state index in [0.29, 0.717) is 38.9 Å². The Morgan fingerprint density at radius 2 is 1.91 bits per heavy atom. The molecule has 0 atom stereocenters. The number of anilines is 1. The van der Waals surface area contributed by atoms with Gasteiger partial charge in [0.25, 0.3) is 5.91 Å². The van der Waals surface area contributed by atoms with Crippen molar-refractivity contribution in [3.05, 3.63) is 91.9 Å². The van der Waals surface area contributed by atoms with E-state index < -0.39 is 5.91 Å². The molecule has 0 saturated heterocycles. The van der Waals surface area contributed by atoms with Crippen molar-refractivity contribution in [2.24, 2.45) is 0 Å². The third-order valence-corrected chi connectivity index (χ3v) is 6.04. The number of amides is 1. The smallest absolute Gasteiger partial charge is 0.266 e. The number of carbonyl (C=O) groups is 1. The Hall–Kier alpha value is -3.27. The number of hydrogen-bond donors (Lipinski definition) is 1. The molecule has 0 bridgehead atoms. The third kappa shape index (κ3) is 6.16. The highest BCUT2D eigenvalue weighted by atomic mass is 79.9. The minimum absolute atomic E-state index is 0.0643. The van der Waals surface area contributed by atoms with E-state index in [1.807, 2.05) is 31.2 Å². The summed E-state index contributed by atoms with van der Waals surface area (Å²) in [6.45, 7) is 4.20. The summed E-state index contributed by atoms with van der Waals surface area (Å²) in [6.07, 6.45) is 1.49. The molecule has 0 spiro atoms. The average molecular weight is 526 g/mol. The largest absolute Gasteiger partial charge is 0.493 e. The normalized spacial score (nSPS) is 11.0. The van der Waals surface area contributed by atoms with E-state index in [4.69, 9.17) is 21.1 Å². The quantitative estimate of drug-likeness (QED) is 0.270. The van der Waals surface area contributed by atoms with E-state index in [0.717, 1.165) is 16.7 Å². The van der Waals surface area contributed by atoms with Gasteiger partial charge in [0.05, 0.1) is 7.11 Å². The molecule has 0 aliphatic carbocycles. The summed E-state index contributed by atoms with van der Waals surface area (Å²) >= 11 is 9.62. The number of rotatable bonds is 7. The molecule has 0 fully saturated rings. The Bertz CT molecular complexity index is 1260. The van der Waals surface area contributed by atoms with Crippen molar-refractivity contribution < 1.29 is 14.3 Å². The van der Waals surface area contributed by atoms with Crippen molar-refractivity contribution in [3.8, 4) is 17.6 Å². The van der Waals surface area contributed by atoms with Gasteiger partial charge in [0, 0.05) is 15.2 Å². The molecule has 7 heteroatoms. The van der Waals surface area contributed by atoms with Crippen LogP contribution in [0.15, 0.2) is 64.6 Å². The minimum atomic E-state index is -0.534. The Labute approximate surface area is 206 Å². The van der Waals surface area contributed by atoms with Gasteiger partial charge in [-0.2, -0.15) is 5.26 Å². The number of ether oxygens (including phenoxy) is 2. The summed E-state index contributed by atoms with van der Waals surface area (Å²) in [4.78, 5) is 12.7. The molecule has 0 saturated carbocycles. The zero-order valence-corrected chi connectivity index (χ0v) is 20.8. The van der Waals surface area contributed by atoms with E-state index in [2.05, 4.69) is 27.3 Å². The van der Waals surface area contributed by atoms with Crippen molar-refractivity contribution in [2.45, 2.75) is 20.5 Å². The van der Waals surface area contributed by atoms with Crippen LogP contribution in [0.2, 0.25) is 5.02 Å². The second-order valence-electron chi connectivity index (χ2n) is 7.34. The zero-order chi connectivity index (χ0) is 24.0. The van der Waals surface area contributed by atoms with Crippen LogP contribution in [0.1, 0.15) is 22.3 Å². The number of nitriles is 1. The molecule has 0 aliphatic heterocycles. The highest BCUT2D eigenvalue weighted by molar-refractivity contribution is 9.10. The fourth-order valence-electron chi connectivity index (χ4n) is 3.13. The Morgan fingerprint density at radius 3 is 2.61 bits per heavy atom. The maximum atomic E-state index is 12.7. The van der Waals surface area contributed by atoms with Gasteiger partial charge in [-0.1, -0.05) is 63.4 Å². The highest BCUT2D eigenvalue weighted by Gasteiger charge is 2.15. The molecule has 33 heavy (non-hydrogen) atoms. The third-order valence-electron chi connectivity index (χ3n) is 4.94. The summed E-state index contributed by atoms with van der Waals surface area (Å²) in [7, 11) is 1.54. The predicted octanol–water partition coefficient (Wildman–Crippen LogP) is 6.85. The fraction of sp³-hybridized carbons (Fsp3) is 0.154. The molecule has 3 aromatic carbocycles. The molecule has 5 nitrogen and oxygen atoms in total. The van der Waals surface area contributed by atoms with Gasteiger partial charge in [0.15, 0.2) is 11.5 Å². The molecule has 1 amide bonds. The van der Waals surface area contributed by atoms with Gasteiger partial charge in [-0.15, -0.1) is 0 Å². The van der Waals surface area contributed by atoms with Gasteiger partial charge in [0.1, 0.15) is 18.2 Å². The van der Waals surface area contributed by atoms with E-state index in [-0.39, 0.29) is 5.57 Å². The van der Waals surface area contributed by atoms with Crippen LogP contribution in [0.3, 0.4) is 0 Å². The number of nitrogens with zero attached hydrogens (tertiary/aromatic N) is 1. The summed E-state index contributed by atoms with van der Waals surface area (Å²) in [5.41, 5.74) is 4.00. The second-order valence-corrected chi connectivity index (χ2v) is 8.60. The van der Waals surface area contributed by atoms with Gasteiger partial charge >= 0.3 is 0 Å². The van der Waals surface area contributed by atoms with Crippen LogP contribution in [-0.4, -0.2) is 13.0 Å². The standard InChI is InChI=1S/C26H22BrClN2O3/c1-16-6-4-7-18(10-16)15-33-25-13-21(27)19(12-24(25)32-3)11-20(14-29)26(31)30-23-9-5-8-22(28)17(23)2/h4-13H,15H2,1-3H3,(H,30,31)/b20-11+. The minimum Gasteiger partial charge on any atom is -0.493 e. The summed E-state index contributed by atoms with van der Waals surface area (Å²) in [5.74, 6) is 0.495. The molecular weight excluding hydrogens is 504 g/mol. The Balaban J connectivity index is 1.84. The molecule has 3 aromatic rings. The number of methoxy groups -OCH3 is 1. The lowest BCUT2D eigenvalue weighted by molar-refractivity contribution is -0.112. The SMILES string of the molecule is COc1cc(/C=C(\C#N)C(=O)Nc2cccc(Cl)c2C)c(Br)cc1OCc1cccc(C)c1. The lowest BCUT2D eigenvalue weighted by atomic mass is 10.1. The number of aryl methyl sites for hydroxylation is 1.